The zero-order chi connectivity index (χ0) is 9.57. The van der Waals surface area contributed by atoms with E-state index in [0.29, 0.717) is 6.42 Å². The summed E-state index contributed by atoms with van der Waals surface area (Å²) >= 11 is 0. The van der Waals surface area contributed by atoms with Gasteiger partial charge in [-0.2, -0.15) is 0 Å². The molecule has 0 saturated heterocycles. The monoisotopic (exact) mass is 170 g/mol. The Morgan fingerprint density at radius 3 is 2.25 bits per heavy atom. The molecule has 1 aliphatic carbocycles. The first-order valence-electron chi connectivity index (χ1n) is 4.47. The molecule has 70 valence electrons. The second kappa shape index (κ2) is 2.56. The Labute approximate surface area is 74.0 Å². The minimum Gasteiger partial charge on any atom is -0.392 e. The van der Waals surface area contributed by atoms with E-state index in [0.717, 1.165) is 6.42 Å². The highest BCUT2D eigenvalue weighted by molar-refractivity contribution is 5.86. The molecule has 1 aliphatic rings. The molecule has 0 heterocycles. The largest absolute Gasteiger partial charge is 0.392 e. The number of Topliss-reactive ketones (excluding diaryl/α,β-unsaturated/α-hetero) is 1. The second-order valence-corrected chi connectivity index (χ2v) is 5.21. The Morgan fingerprint density at radius 1 is 1.33 bits per heavy atom. The molecule has 0 bridgehead atoms. The molecule has 0 spiro atoms. The number of aliphatic hydroxyl groups excluding tert-OH is 1. The van der Waals surface area contributed by atoms with Crippen LogP contribution >= 0.6 is 0 Å². The van der Waals surface area contributed by atoms with E-state index in [4.69, 9.17) is 0 Å². The maximum absolute atomic E-state index is 11.6. The van der Waals surface area contributed by atoms with Crippen molar-refractivity contribution in [1.29, 1.82) is 0 Å². The van der Waals surface area contributed by atoms with Crippen molar-refractivity contribution in [3.05, 3.63) is 0 Å². The predicted molar refractivity (Wildman–Crippen MR) is 47.8 cm³/mol. The van der Waals surface area contributed by atoms with E-state index in [-0.39, 0.29) is 11.2 Å². The molecule has 2 heteroatoms. The smallest absolute Gasteiger partial charge is 0.141 e. The van der Waals surface area contributed by atoms with Crippen LogP contribution in [-0.2, 0) is 4.79 Å². The summed E-state index contributed by atoms with van der Waals surface area (Å²) in [4.78, 5) is 11.6. The van der Waals surface area contributed by atoms with Crippen molar-refractivity contribution in [2.75, 3.05) is 0 Å². The Balaban J connectivity index is 2.85. The van der Waals surface area contributed by atoms with Crippen molar-refractivity contribution in [3.8, 4) is 0 Å². The molecule has 0 aromatic carbocycles. The number of hydrogen-bond donors (Lipinski definition) is 1. The van der Waals surface area contributed by atoms with Crippen molar-refractivity contribution in [1.82, 2.24) is 0 Å². The van der Waals surface area contributed by atoms with Crippen molar-refractivity contribution < 1.29 is 9.90 Å². The van der Waals surface area contributed by atoms with Gasteiger partial charge in [-0.25, -0.2) is 0 Å². The summed E-state index contributed by atoms with van der Waals surface area (Å²) < 4.78 is 0. The second-order valence-electron chi connectivity index (χ2n) is 5.21. The lowest BCUT2D eigenvalue weighted by Gasteiger charge is -2.41. The first-order chi connectivity index (χ1) is 5.26. The number of ketones is 1. The Morgan fingerprint density at radius 2 is 1.83 bits per heavy atom. The van der Waals surface area contributed by atoms with Crippen molar-refractivity contribution in [3.63, 3.8) is 0 Å². The Bertz CT molecular complexity index is 204. The van der Waals surface area contributed by atoms with E-state index in [1.54, 1.807) is 0 Å². The van der Waals surface area contributed by atoms with Gasteiger partial charge in [-0.3, -0.25) is 4.79 Å². The van der Waals surface area contributed by atoms with Crippen molar-refractivity contribution in [2.24, 2.45) is 10.8 Å². The molecule has 1 N–H and O–H groups in total. The number of aliphatic hydroxyl groups is 1. The molecular weight excluding hydrogens is 152 g/mol. The third-order valence-electron chi connectivity index (χ3n) is 2.94. The molecule has 1 atom stereocenters. The highest BCUT2D eigenvalue weighted by atomic mass is 16.3. The van der Waals surface area contributed by atoms with Gasteiger partial charge in [0.2, 0.25) is 0 Å². The average molecular weight is 170 g/mol. The fraction of sp³-hybridized carbons (Fsp3) is 0.900. The van der Waals surface area contributed by atoms with E-state index in [9.17, 15) is 9.90 Å². The maximum atomic E-state index is 11.6. The van der Waals surface area contributed by atoms with Gasteiger partial charge in [0, 0.05) is 11.8 Å². The molecule has 2 nitrogen and oxygen atoms in total. The van der Waals surface area contributed by atoms with E-state index in [1.165, 1.54) is 0 Å². The van der Waals surface area contributed by atoms with Crippen molar-refractivity contribution >= 4 is 5.78 Å². The minimum atomic E-state index is -0.532. The van der Waals surface area contributed by atoms with Crippen LogP contribution < -0.4 is 0 Å². The van der Waals surface area contributed by atoms with Crippen LogP contribution in [0.2, 0.25) is 0 Å². The summed E-state index contributed by atoms with van der Waals surface area (Å²) in [5.74, 6) is 0.186. The van der Waals surface area contributed by atoms with Gasteiger partial charge in [0.05, 0.1) is 6.10 Å². The summed E-state index contributed by atoms with van der Waals surface area (Å²) in [6, 6.07) is 0. The molecule has 0 radical (unpaired) electrons. The first-order valence-corrected chi connectivity index (χ1v) is 4.47. The lowest BCUT2D eigenvalue weighted by atomic mass is 9.64. The highest BCUT2D eigenvalue weighted by Crippen LogP contribution is 2.42. The lowest BCUT2D eigenvalue weighted by molar-refractivity contribution is -0.143. The molecule has 1 unspecified atom stereocenters. The molecule has 0 aromatic heterocycles. The van der Waals surface area contributed by atoms with Crippen LogP contribution in [0, 0.1) is 10.8 Å². The van der Waals surface area contributed by atoms with Gasteiger partial charge in [-0.1, -0.05) is 27.7 Å². The molecular formula is C10H18O2. The first kappa shape index (κ1) is 9.72. The van der Waals surface area contributed by atoms with Gasteiger partial charge in [0.15, 0.2) is 0 Å². The van der Waals surface area contributed by atoms with Gasteiger partial charge >= 0.3 is 0 Å². The summed E-state index contributed by atoms with van der Waals surface area (Å²) in [5, 5.41) is 9.72. The number of rotatable bonds is 0. The van der Waals surface area contributed by atoms with Crippen LogP contribution in [-0.4, -0.2) is 17.0 Å². The van der Waals surface area contributed by atoms with Gasteiger partial charge in [-0.05, 0) is 11.8 Å². The van der Waals surface area contributed by atoms with Crippen LogP contribution in [0.4, 0.5) is 0 Å². The summed E-state index contributed by atoms with van der Waals surface area (Å²) in [7, 11) is 0. The van der Waals surface area contributed by atoms with E-state index in [1.807, 2.05) is 27.7 Å². The van der Waals surface area contributed by atoms with Crippen molar-refractivity contribution in [2.45, 2.75) is 46.6 Å². The summed E-state index contributed by atoms with van der Waals surface area (Å²) in [6.07, 6.45) is 0.844. The normalized spacial score (nSPS) is 33.4. The van der Waals surface area contributed by atoms with Gasteiger partial charge in [-0.15, -0.1) is 0 Å². The highest BCUT2D eigenvalue weighted by Gasteiger charge is 2.45. The molecule has 1 fully saturated rings. The zero-order valence-electron chi connectivity index (χ0n) is 8.35. The molecule has 1 rings (SSSR count). The minimum absolute atomic E-state index is 0.0218. The fourth-order valence-corrected chi connectivity index (χ4v) is 1.70. The van der Waals surface area contributed by atoms with Crippen LogP contribution in [0.5, 0.6) is 0 Å². The van der Waals surface area contributed by atoms with Gasteiger partial charge in [0.1, 0.15) is 5.78 Å². The van der Waals surface area contributed by atoms with Gasteiger partial charge < -0.3 is 5.11 Å². The standard InChI is InChI=1S/C10H18O2/c1-9(2)5-7(11)10(3,4)8(12)6-9/h7,11H,5-6H2,1-4H3. The molecule has 1 saturated carbocycles. The summed E-state index contributed by atoms with van der Waals surface area (Å²) in [5.41, 5.74) is -0.554. The Hall–Kier alpha value is -0.370. The third-order valence-corrected chi connectivity index (χ3v) is 2.94. The molecule has 12 heavy (non-hydrogen) atoms. The fourth-order valence-electron chi connectivity index (χ4n) is 1.70. The average Bonchev–Trinajstić information content (AvgIpc) is 1.82. The van der Waals surface area contributed by atoms with Gasteiger partial charge in [0.25, 0.3) is 0 Å². The topological polar surface area (TPSA) is 37.3 Å². The summed E-state index contributed by atoms with van der Waals surface area (Å²) in [6.45, 7) is 7.72. The quantitative estimate of drug-likeness (QED) is 0.601. The molecule has 0 aromatic rings. The molecule has 0 amide bonds. The number of hydrogen-bond acceptors (Lipinski definition) is 2. The predicted octanol–water partition coefficient (Wildman–Crippen LogP) is 1.76. The van der Waals surface area contributed by atoms with Crippen LogP contribution in [0.25, 0.3) is 0 Å². The van der Waals surface area contributed by atoms with Crippen LogP contribution in [0.3, 0.4) is 0 Å². The molecule has 0 aliphatic heterocycles. The SMILES string of the molecule is CC1(C)CC(=O)C(C)(C)C(O)C1. The lowest BCUT2D eigenvalue weighted by Crippen LogP contribution is -2.46. The van der Waals surface area contributed by atoms with E-state index >= 15 is 0 Å². The van der Waals surface area contributed by atoms with Crippen LogP contribution in [0.1, 0.15) is 40.5 Å². The number of carbonyl (C=O) groups is 1. The number of carbonyl (C=O) groups excluding carboxylic acids is 1. The maximum Gasteiger partial charge on any atom is 0.141 e. The zero-order valence-corrected chi connectivity index (χ0v) is 8.35. The Kier molecular flexibility index (Phi) is 2.07. The van der Waals surface area contributed by atoms with E-state index < -0.39 is 11.5 Å². The van der Waals surface area contributed by atoms with Crippen LogP contribution in [0.15, 0.2) is 0 Å². The third kappa shape index (κ3) is 1.53. The van der Waals surface area contributed by atoms with E-state index in [2.05, 4.69) is 0 Å².